The van der Waals surface area contributed by atoms with Crippen LogP contribution in [-0.4, -0.2) is 47.9 Å². The minimum Gasteiger partial charge on any atom is -0.353 e. The van der Waals surface area contributed by atoms with Gasteiger partial charge in [-0.2, -0.15) is 9.29 Å². The van der Waals surface area contributed by atoms with Crippen LogP contribution in [0.4, 0.5) is 0 Å². The first-order chi connectivity index (χ1) is 15.8. The van der Waals surface area contributed by atoms with Crippen molar-refractivity contribution in [2.75, 3.05) is 13.1 Å². The van der Waals surface area contributed by atoms with E-state index in [0.717, 1.165) is 25.7 Å². The van der Waals surface area contributed by atoms with E-state index in [4.69, 9.17) is 16.1 Å². The van der Waals surface area contributed by atoms with Crippen molar-refractivity contribution < 1.29 is 17.7 Å². The van der Waals surface area contributed by atoms with E-state index in [9.17, 15) is 13.2 Å². The van der Waals surface area contributed by atoms with Gasteiger partial charge in [-0.3, -0.25) is 4.79 Å². The monoisotopic (exact) mass is 494 g/mol. The van der Waals surface area contributed by atoms with Crippen LogP contribution in [0, 0.1) is 12.8 Å². The summed E-state index contributed by atoms with van der Waals surface area (Å²) in [5, 5.41) is 7.19. The summed E-state index contributed by atoms with van der Waals surface area (Å²) in [7, 11) is -3.89. The van der Waals surface area contributed by atoms with Crippen molar-refractivity contribution in [3.8, 4) is 11.4 Å². The number of sulfonamides is 1. The lowest BCUT2D eigenvalue weighted by molar-refractivity contribution is -0.126. The molecule has 0 bridgehead atoms. The predicted molar refractivity (Wildman–Crippen MR) is 125 cm³/mol. The Morgan fingerprint density at radius 2 is 1.85 bits per heavy atom. The molecule has 1 atom stereocenters. The van der Waals surface area contributed by atoms with Crippen molar-refractivity contribution in [2.45, 2.75) is 75.6 Å². The maximum absolute atomic E-state index is 13.5. The lowest BCUT2D eigenvalue weighted by Gasteiger charge is -2.32. The molecular weight excluding hydrogens is 464 g/mol. The van der Waals surface area contributed by atoms with Crippen LogP contribution in [0.1, 0.15) is 63.7 Å². The van der Waals surface area contributed by atoms with E-state index in [1.807, 2.05) is 0 Å². The fourth-order valence-corrected chi connectivity index (χ4v) is 6.71. The Hall–Kier alpha value is -1.97. The van der Waals surface area contributed by atoms with Crippen LogP contribution in [0.2, 0.25) is 5.02 Å². The zero-order chi connectivity index (χ0) is 23.4. The summed E-state index contributed by atoms with van der Waals surface area (Å²) >= 11 is 6.30. The van der Waals surface area contributed by atoms with Crippen molar-refractivity contribution in [3.63, 3.8) is 0 Å². The highest BCUT2D eigenvalue weighted by Gasteiger charge is 2.35. The molecule has 10 heteroatoms. The number of nitrogens with one attached hydrogen (secondary N) is 1. The van der Waals surface area contributed by atoms with E-state index >= 15 is 0 Å². The molecule has 0 unspecified atom stereocenters. The first-order valence-electron chi connectivity index (χ1n) is 11.8. The quantitative estimate of drug-likeness (QED) is 0.663. The third-order valence-corrected chi connectivity index (χ3v) is 8.89. The molecule has 180 valence electrons. The minimum atomic E-state index is -3.89. The van der Waals surface area contributed by atoms with Crippen LogP contribution in [0.5, 0.6) is 0 Å². The summed E-state index contributed by atoms with van der Waals surface area (Å²) in [4.78, 5) is 17.2. The maximum Gasteiger partial charge on any atom is 0.244 e. The lowest BCUT2D eigenvalue weighted by atomic mass is 9.94. The highest BCUT2D eigenvalue weighted by Crippen LogP contribution is 2.31. The van der Waals surface area contributed by atoms with E-state index < -0.39 is 10.0 Å². The normalized spacial score (nSPS) is 21.3. The molecule has 2 aliphatic rings. The molecule has 2 fully saturated rings. The van der Waals surface area contributed by atoms with E-state index in [1.165, 1.54) is 35.7 Å². The number of nitrogens with zero attached hydrogens (tertiary/aromatic N) is 3. The highest BCUT2D eigenvalue weighted by atomic mass is 35.5. The van der Waals surface area contributed by atoms with Crippen molar-refractivity contribution in [1.29, 1.82) is 0 Å². The van der Waals surface area contributed by atoms with Crippen LogP contribution in [0.25, 0.3) is 11.4 Å². The molecule has 2 aromatic rings. The van der Waals surface area contributed by atoms with Gasteiger partial charge in [-0.1, -0.05) is 48.9 Å². The van der Waals surface area contributed by atoms with Crippen LogP contribution in [-0.2, 0) is 14.8 Å². The number of aryl methyl sites for hydroxylation is 1. The fourth-order valence-electron chi connectivity index (χ4n) is 4.69. The van der Waals surface area contributed by atoms with Crippen LogP contribution in [0.3, 0.4) is 0 Å². The average molecular weight is 495 g/mol. The number of piperidine rings is 1. The number of hydrogen-bond acceptors (Lipinski definition) is 6. The highest BCUT2D eigenvalue weighted by molar-refractivity contribution is 7.89. The average Bonchev–Trinajstić information content (AvgIpc) is 3.22. The Bertz CT molecular complexity index is 1080. The van der Waals surface area contributed by atoms with Crippen LogP contribution in [0.15, 0.2) is 27.6 Å². The third kappa shape index (κ3) is 5.75. The van der Waals surface area contributed by atoms with E-state index in [1.54, 1.807) is 13.0 Å². The van der Waals surface area contributed by atoms with Gasteiger partial charge in [-0.15, -0.1) is 0 Å². The van der Waals surface area contributed by atoms with Crippen LogP contribution >= 0.6 is 11.6 Å². The first-order valence-corrected chi connectivity index (χ1v) is 13.6. The molecule has 1 saturated heterocycles. The molecule has 2 heterocycles. The van der Waals surface area contributed by atoms with Gasteiger partial charge in [-0.05, 0) is 43.9 Å². The van der Waals surface area contributed by atoms with E-state index in [2.05, 4.69) is 15.5 Å². The fraction of sp³-hybridized carbons (Fsp3) is 0.609. The van der Waals surface area contributed by atoms with Gasteiger partial charge in [0.25, 0.3) is 0 Å². The molecule has 0 radical (unpaired) electrons. The molecule has 1 aromatic carbocycles. The smallest absolute Gasteiger partial charge is 0.244 e. The van der Waals surface area contributed by atoms with Gasteiger partial charge in [0.15, 0.2) is 0 Å². The Labute approximate surface area is 200 Å². The maximum atomic E-state index is 13.5. The van der Waals surface area contributed by atoms with Gasteiger partial charge < -0.3 is 9.84 Å². The Morgan fingerprint density at radius 1 is 1.12 bits per heavy atom. The second kappa shape index (κ2) is 10.5. The van der Waals surface area contributed by atoms with Gasteiger partial charge >= 0.3 is 0 Å². The molecule has 1 saturated carbocycles. The predicted octanol–water partition coefficient (Wildman–Crippen LogP) is 4.33. The molecular formula is C23H31ClN4O4S. The van der Waals surface area contributed by atoms with Gasteiger partial charge in [0.1, 0.15) is 4.90 Å². The molecule has 0 spiro atoms. The standard InChI is InChI=1S/C23H31ClN4O4S/c1-16-25-22(27-32-16)17-11-12-20(24)21(14-17)33(30,31)28-13-7-8-18(15-28)23(29)26-19-9-5-3-2-4-6-10-19/h11-12,14,18-19H,2-10,13,15H2,1H3,(H,26,29)/t18-/m1/s1. The SMILES string of the molecule is Cc1nc(-c2ccc(Cl)c(S(=O)(=O)N3CCC[C@@H](C(=O)NC4CCCCCCC4)C3)c2)no1. The summed E-state index contributed by atoms with van der Waals surface area (Å²) in [6.07, 6.45) is 9.26. The summed E-state index contributed by atoms with van der Waals surface area (Å²) in [6.45, 7) is 2.18. The number of amides is 1. The van der Waals surface area contributed by atoms with Crippen molar-refractivity contribution in [3.05, 3.63) is 29.1 Å². The van der Waals surface area contributed by atoms with Gasteiger partial charge in [0.05, 0.1) is 10.9 Å². The zero-order valence-corrected chi connectivity index (χ0v) is 20.5. The number of carbonyl (C=O) groups is 1. The summed E-state index contributed by atoms with van der Waals surface area (Å²) in [5.41, 5.74) is 0.505. The van der Waals surface area contributed by atoms with Gasteiger partial charge in [0, 0.05) is 31.6 Å². The summed E-state index contributed by atoms with van der Waals surface area (Å²) in [6, 6.07) is 4.85. The van der Waals surface area contributed by atoms with Gasteiger partial charge in [-0.25, -0.2) is 8.42 Å². The molecule has 4 rings (SSSR count). The molecule has 8 nitrogen and oxygen atoms in total. The largest absolute Gasteiger partial charge is 0.353 e. The van der Waals surface area contributed by atoms with Crippen molar-refractivity contribution >= 4 is 27.5 Å². The molecule has 1 aliphatic carbocycles. The zero-order valence-electron chi connectivity index (χ0n) is 18.9. The van der Waals surface area contributed by atoms with E-state index in [0.29, 0.717) is 36.7 Å². The lowest BCUT2D eigenvalue weighted by Crippen LogP contribution is -2.47. The summed E-state index contributed by atoms with van der Waals surface area (Å²) < 4.78 is 33.4. The number of halogens is 1. The molecule has 1 aromatic heterocycles. The number of rotatable bonds is 5. The first kappa shape index (κ1) is 24.2. The van der Waals surface area contributed by atoms with Crippen molar-refractivity contribution in [1.82, 2.24) is 19.8 Å². The second-order valence-electron chi connectivity index (χ2n) is 9.04. The molecule has 33 heavy (non-hydrogen) atoms. The summed E-state index contributed by atoms with van der Waals surface area (Å²) in [5.74, 6) is 0.289. The Morgan fingerprint density at radius 3 is 2.55 bits per heavy atom. The van der Waals surface area contributed by atoms with Gasteiger partial charge in [0.2, 0.25) is 27.6 Å². The second-order valence-corrected chi connectivity index (χ2v) is 11.3. The number of aromatic nitrogens is 2. The van der Waals surface area contributed by atoms with E-state index in [-0.39, 0.29) is 34.3 Å². The minimum absolute atomic E-state index is 0.00908. The topological polar surface area (TPSA) is 105 Å². The van der Waals surface area contributed by atoms with Crippen molar-refractivity contribution in [2.24, 2.45) is 5.92 Å². The molecule has 1 aliphatic heterocycles. The molecule has 1 N–H and O–H groups in total. The Balaban J connectivity index is 1.48. The van der Waals surface area contributed by atoms with Crippen LogP contribution < -0.4 is 5.32 Å². The number of hydrogen-bond donors (Lipinski definition) is 1. The number of benzene rings is 1. The third-order valence-electron chi connectivity index (χ3n) is 6.54. The number of carbonyl (C=O) groups excluding carboxylic acids is 1. The Kier molecular flexibility index (Phi) is 7.71. The molecule has 1 amide bonds.